The number of pyridine rings is 2. The number of sulfonamides is 1. The summed E-state index contributed by atoms with van der Waals surface area (Å²) in [5, 5.41) is 0. The number of benzene rings is 1. The van der Waals surface area contributed by atoms with E-state index in [1.165, 1.54) is 26.2 Å². The summed E-state index contributed by atoms with van der Waals surface area (Å²) in [6, 6.07) is 17.3. The number of aryl methyl sites for hydroxylation is 1. The number of fused-ring (bicyclic) bond motifs is 8. The van der Waals surface area contributed by atoms with Crippen LogP contribution in [0.3, 0.4) is 0 Å². The van der Waals surface area contributed by atoms with Gasteiger partial charge in [0.15, 0.2) is 0 Å². The fourth-order valence-corrected chi connectivity index (χ4v) is 5.83. The Balaban J connectivity index is 1.49. The topological polar surface area (TPSA) is 122 Å². The summed E-state index contributed by atoms with van der Waals surface area (Å²) in [6.45, 7) is 1.84. The highest BCUT2D eigenvalue weighted by molar-refractivity contribution is 7.89. The summed E-state index contributed by atoms with van der Waals surface area (Å²) in [6.07, 6.45) is -1.22. The van der Waals surface area contributed by atoms with Crippen LogP contribution in [0.25, 0.3) is 0 Å². The van der Waals surface area contributed by atoms with Gasteiger partial charge < -0.3 is 9.47 Å². The number of carbonyl (C=O) groups excluding carboxylic acids is 2. The quantitative estimate of drug-likeness (QED) is 0.446. The molecule has 3 aliphatic heterocycles. The third kappa shape index (κ3) is 6.35. The van der Waals surface area contributed by atoms with Gasteiger partial charge in [0.2, 0.25) is 10.0 Å². The van der Waals surface area contributed by atoms with Crippen molar-refractivity contribution in [2.75, 3.05) is 26.3 Å². The second kappa shape index (κ2) is 11.4. The predicted octanol–water partition coefficient (Wildman–Crippen LogP) is 3.08. The first kappa shape index (κ1) is 26.6. The Hall–Kier alpha value is -4.03. The van der Waals surface area contributed by atoms with E-state index in [0.717, 1.165) is 5.56 Å². The van der Waals surface area contributed by atoms with Crippen LogP contribution in [-0.2, 0) is 45.7 Å². The van der Waals surface area contributed by atoms with Crippen molar-refractivity contribution in [3.05, 3.63) is 89.0 Å². The Morgan fingerprint density at radius 3 is 1.49 bits per heavy atom. The zero-order valence-electron chi connectivity index (χ0n) is 21.5. The molecular formula is C27H29N5O6S. The van der Waals surface area contributed by atoms with Crippen LogP contribution in [0, 0.1) is 6.92 Å². The Labute approximate surface area is 227 Å². The predicted molar refractivity (Wildman–Crippen MR) is 140 cm³/mol. The number of nitrogens with zero attached hydrogens (tertiary/aromatic N) is 5. The molecule has 0 aliphatic carbocycles. The number of aromatic nitrogens is 2. The van der Waals surface area contributed by atoms with Crippen molar-refractivity contribution in [2.24, 2.45) is 0 Å². The van der Waals surface area contributed by atoms with Crippen LogP contribution in [0.4, 0.5) is 9.59 Å². The van der Waals surface area contributed by atoms with E-state index in [2.05, 4.69) is 9.97 Å². The normalized spacial score (nSPS) is 17.6. The first-order valence-electron chi connectivity index (χ1n) is 12.6. The number of carbonyl (C=O) groups is 2. The van der Waals surface area contributed by atoms with E-state index in [4.69, 9.17) is 9.47 Å². The van der Waals surface area contributed by atoms with Crippen LogP contribution >= 0.6 is 0 Å². The first-order chi connectivity index (χ1) is 18.8. The van der Waals surface area contributed by atoms with Crippen LogP contribution in [0.2, 0.25) is 0 Å². The van der Waals surface area contributed by atoms with Crippen LogP contribution in [-0.4, -0.2) is 71.0 Å². The molecule has 2 aromatic heterocycles. The first-order valence-corrected chi connectivity index (χ1v) is 14.0. The van der Waals surface area contributed by atoms with Gasteiger partial charge in [-0.2, -0.15) is 4.31 Å². The highest BCUT2D eigenvalue weighted by atomic mass is 32.2. The molecule has 12 heteroatoms. The number of ether oxygens (including phenoxy) is 2. The second-order valence-electron chi connectivity index (χ2n) is 9.40. The minimum Gasteiger partial charge on any atom is -0.448 e. The van der Waals surface area contributed by atoms with E-state index in [1.54, 1.807) is 36.4 Å². The molecule has 0 N–H and O–H groups in total. The molecule has 39 heavy (non-hydrogen) atoms. The van der Waals surface area contributed by atoms with Crippen molar-refractivity contribution in [1.29, 1.82) is 0 Å². The summed E-state index contributed by atoms with van der Waals surface area (Å²) >= 11 is 0. The summed E-state index contributed by atoms with van der Waals surface area (Å²) in [7, 11) is -3.94. The van der Waals surface area contributed by atoms with Gasteiger partial charge in [0.25, 0.3) is 0 Å². The third-order valence-corrected chi connectivity index (χ3v) is 8.36. The zero-order chi connectivity index (χ0) is 27.4. The molecule has 0 fully saturated rings. The van der Waals surface area contributed by atoms with Crippen molar-refractivity contribution in [3.63, 3.8) is 0 Å². The molecular weight excluding hydrogens is 522 g/mol. The molecule has 3 aromatic rings. The van der Waals surface area contributed by atoms with Crippen LogP contribution < -0.4 is 0 Å². The molecule has 3 aliphatic rings. The van der Waals surface area contributed by atoms with Gasteiger partial charge in [0, 0.05) is 13.1 Å². The standard InChI is InChI=1S/C27H29N5O6S/c1-20-8-10-25(11-9-20)39(35,36)32-12-14-37-26(33)30-16-21-4-2-5-22(28-21)17-31(27(34)38-15-13-32)19-24-7-3-6-23(18-30)29-24/h2-11H,12-19H2,1H3. The number of rotatable bonds is 2. The van der Waals surface area contributed by atoms with E-state index in [0.29, 0.717) is 22.8 Å². The lowest BCUT2D eigenvalue weighted by atomic mass is 10.2. The summed E-state index contributed by atoms with van der Waals surface area (Å²) in [4.78, 5) is 38.8. The lowest BCUT2D eigenvalue weighted by Gasteiger charge is -2.27. The van der Waals surface area contributed by atoms with Gasteiger partial charge in [-0.1, -0.05) is 29.8 Å². The van der Waals surface area contributed by atoms with Gasteiger partial charge in [0.1, 0.15) is 13.2 Å². The fourth-order valence-electron chi connectivity index (χ4n) is 4.43. The Bertz CT molecular complexity index is 1350. The average Bonchev–Trinajstić information content (AvgIpc) is 2.91. The van der Waals surface area contributed by atoms with Crippen LogP contribution in [0.1, 0.15) is 28.3 Å². The Morgan fingerprint density at radius 1 is 0.667 bits per heavy atom. The van der Waals surface area contributed by atoms with Gasteiger partial charge in [-0.15, -0.1) is 0 Å². The molecule has 2 amide bonds. The number of hydrogen-bond acceptors (Lipinski definition) is 8. The molecule has 0 unspecified atom stereocenters. The summed E-state index contributed by atoms with van der Waals surface area (Å²) in [5.74, 6) is 0. The van der Waals surface area contributed by atoms with Gasteiger partial charge in [0.05, 0.1) is 53.9 Å². The minimum atomic E-state index is -3.94. The van der Waals surface area contributed by atoms with Crippen LogP contribution in [0.5, 0.6) is 0 Å². The van der Waals surface area contributed by atoms with Gasteiger partial charge in [-0.3, -0.25) is 19.8 Å². The third-order valence-electron chi connectivity index (χ3n) is 6.45. The molecule has 5 heterocycles. The summed E-state index contributed by atoms with van der Waals surface area (Å²) in [5.41, 5.74) is 3.38. The Kier molecular flexibility index (Phi) is 7.75. The smallest absolute Gasteiger partial charge is 0.410 e. The van der Waals surface area contributed by atoms with Crippen molar-refractivity contribution >= 4 is 22.2 Å². The largest absolute Gasteiger partial charge is 0.448 e. The fraction of sp³-hybridized carbons (Fsp3) is 0.333. The highest BCUT2D eigenvalue weighted by Gasteiger charge is 2.27. The maximum Gasteiger partial charge on any atom is 0.410 e. The molecule has 204 valence electrons. The maximum absolute atomic E-state index is 13.4. The zero-order valence-corrected chi connectivity index (χ0v) is 22.3. The van der Waals surface area contributed by atoms with Gasteiger partial charge >= 0.3 is 12.2 Å². The molecule has 6 bridgehead atoms. The lowest BCUT2D eigenvalue weighted by Crippen LogP contribution is -2.40. The van der Waals surface area contributed by atoms with Gasteiger partial charge in [-0.05, 0) is 43.3 Å². The van der Waals surface area contributed by atoms with E-state index >= 15 is 0 Å². The van der Waals surface area contributed by atoms with Gasteiger partial charge in [-0.25, -0.2) is 18.0 Å². The molecule has 0 saturated heterocycles. The van der Waals surface area contributed by atoms with Crippen LogP contribution in [0.15, 0.2) is 65.6 Å². The van der Waals surface area contributed by atoms with E-state index < -0.39 is 22.2 Å². The second-order valence-corrected chi connectivity index (χ2v) is 11.3. The van der Waals surface area contributed by atoms with E-state index in [-0.39, 0.29) is 57.4 Å². The van der Waals surface area contributed by atoms with Crippen molar-refractivity contribution in [2.45, 2.75) is 38.0 Å². The molecule has 6 rings (SSSR count). The highest BCUT2D eigenvalue weighted by Crippen LogP contribution is 2.19. The molecule has 0 spiro atoms. The SMILES string of the molecule is Cc1ccc(S(=O)(=O)N2CCOC(=O)N3Cc4cccc(n4)CN(Cc4cccc(n4)C3)C(=O)OCC2)cc1. The monoisotopic (exact) mass is 551 g/mol. The van der Waals surface area contributed by atoms with E-state index in [9.17, 15) is 18.0 Å². The molecule has 0 radical (unpaired) electrons. The number of hydrogen-bond donors (Lipinski definition) is 0. The average molecular weight is 552 g/mol. The molecule has 1 aromatic carbocycles. The van der Waals surface area contributed by atoms with E-state index in [1.807, 2.05) is 19.1 Å². The van der Waals surface area contributed by atoms with Crippen molar-refractivity contribution < 1.29 is 27.5 Å². The minimum absolute atomic E-state index is 0.104. The van der Waals surface area contributed by atoms with Crippen molar-refractivity contribution in [1.82, 2.24) is 24.1 Å². The number of amides is 2. The molecule has 11 nitrogen and oxygen atoms in total. The molecule has 0 saturated carbocycles. The summed E-state index contributed by atoms with van der Waals surface area (Å²) < 4.78 is 39.1. The Morgan fingerprint density at radius 2 is 1.08 bits per heavy atom. The maximum atomic E-state index is 13.4. The van der Waals surface area contributed by atoms with Crippen molar-refractivity contribution in [3.8, 4) is 0 Å². The lowest BCUT2D eigenvalue weighted by molar-refractivity contribution is 0.0805. The molecule has 0 atom stereocenters.